The van der Waals surface area contributed by atoms with Gasteiger partial charge in [-0.25, -0.2) is 23.2 Å². The van der Waals surface area contributed by atoms with E-state index in [9.17, 15) is 22.3 Å². The third kappa shape index (κ3) is 8.09. The number of hydrogen-bond acceptors (Lipinski definition) is 9. The fourth-order valence-corrected chi connectivity index (χ4v) is 4.56. The van der Waals surface area contributed by atoms with Crippen LogP contribution >= 0.6 is 10.6 Å². The Morgan fingerprint density at radius 3 is 2.38 bits per heavy atom. The Labute approximate surface area is 201 Å². The first-order valence-electron chi connectivity index (χ1n) is 10.6. The maximum Gasteiger partial charge on any atom is 0.321 e. The van der Waals surface area contributed by atoms with Crippen LogP contribution in [-0.4, -0.2) is 96.6 Å². The molecule has 1 aliphatic heterocycles. The second-order valence-corrected chi connectivity index (χ2v) is 12.9. The molecule has 13 heteroatoms. The third-order valence-corrected chi connectivity index (χ3v) is 6.83. The first-order chi connectivity index (χ1) is 15.9. The highest BCUT2D eigenvalue weighted by atomic mass is 32.3. The number of nitrogens with zero attached hydrogens (tertiary/aromatic N) is 4. The molecule has 0 atom stereocenters. The van der Waals surface area contributed by atoms with Crippen LogP contribution in [0.25, 0.3) is 11.4 Å². The average molecular weight is 514 g/mol. The molecule has 0 bridgehead atoms. The molecule has 0 spiro atoms. The minimum Gasteiger partial charge on any atom is -0.378 e. The summed E-state index contributed by atoms with van der Waals surface area (Å²) in [6, 6.07) is 8.28. The van der Waals surface area contributed by atoms with Crippen molar-refractivity contribution in [2.24, 2.45) is 0 Å². The summed E-state index contributed by atoms with van der Waals surface area (Å²) in [7, 11) is -4.43. The minimum absolute atomic E-state index is 0.0216. The van der Waals surface area contributed by atoms with E-state index in [2.05, 4.69) is 20.2 Å². The number of anilines is 2. The van der Waals surface area contributed by atoms with Gasteiger partial charge in [-0.15, -0.1) is 0 Å². The lowest BCUT2D eigenvalue weighted by atomic mass is 10.2. The molecule has 11 nitrogen and oxygen atoms in total. The molecule has 1 aromatic heterocycles. The molecule has 1 aliphatic rings. The van der Waals surface area contributed by atoms with E-state index in [-0.39, 0.29) is 18.1 Å². The number of ether oxygens (including phenoxy) is 1. The number of hydrogen-bond donors (Lipinski definition) is 3. The number of nitrogens with one attached hydrogen (secondary N) is 1. The van der Waals surface area contributed by atoms with Crippen LogP contribution in [0.1, 0.15) is 5.69 Å². The summed E-state index contributed by atoms with van der Waals surface area (Å²) in [4.78, 5) is 24.9. The molecule has 3 rings (SSSR count). The van der Waals surface area contributed by atoms with Crippen LogP contribution in [0.15, 0.2) is 30.3 Å². The van der Waals surface area contributed by atoms with Crippen LogP contribution in [0.5, 0.6) is 0 Å². The molecule has 1 fully saturated rings. The predicted octanol–water partition coefficient (Wildman–Crippen LogP) is 2.37. The predicted molar refractivity (Wildman–Crippen MR) is 134 cm³/mol. The van der Waals surface area contributed by atoms with Crippen LogP contribution in [0.2, 0.25) is 0 Å². The molecule has 2 amide bonds. The summed E-state index contributed by atoms with van der Waals surface area (Å²) in [5.41, 5.74) is 1.76. The molecule has 3 N–H and O–H groups in total. The molecule has 2 aromatic rings. The average Bonchev–Trinajstić information content (AvgIpc) is 2.76. The Bertz CT molecular complexity index is 1100. The SMILES string of the molecule is CN(CCS(C)(=O)=O)C(=O)Nc1ccc(-c2nc(CS(C)(O)O)cc(N3CCOCC3)n2)cc1. The lowest BCUT2D eigenvalue weighted by Gasteiger charge is -2.30. The van der Waals surface area contributed by atoms with Crippen molar-refractivity contribution in [3.63, 3.8) is 0 Å². The molecule has 34 heavy (non-hydrogen) atoms. The fourth-order valence-electron chi connectivity index (χ4n) is 3.25. The number of morpholine rings is 1. The summed E-state index contributed by atoms with van der Waals surface area (Å²) < 4.78 is 47.9. The van der Waals surface area contributed by atoms with Crippen molar-refractivity contribution >= 4 is 38.0 Å². The Morgan fingerprint density at radius 1 is 1.15 bits per heavy atom. The largest absolute Gasteiger partial charge is 0.378 e. The summed E-state index contributed by atoms with van der Waals surface area (Å²) in [6.45, 7) is 2.62. The Morgan fingerprint density at radius 2 is 1.79 bits per heavy atom. The van der Waals surface area contributed by atoms with Crippen molar-refractivity contribution in [3.05, 3.63) is 36.0 Å². The molecule has 0 unspecified atom stereocenters. The molecular weight excluding hydrogens is 482 g/mol. The van der Waals surface area contributed by atoms with Gasteiger partial charge in [-0.2, -0.15) is 10.6 Å². The number of sulfone groups is 1. The molecule has 1 aromatic carbocycles. The van der Waals surface area contributed by atoms with E-state index in [0.29, 0.717) is 54.9 Å². The van der Waals surface area contributed by atoms with E-state index in [4.69, 9.17) is 4.74 Å². The molecule has 2 heterocycles. The van der Waals surface area contributed by atoms with Gasteiger partial charge in [0.1, 0.15) is 15.7 Å². The number of carbonyl (C=O) groups is 1. The van der Waals surface area contributed by atoms with Crippen molar-refractivity contribution in [1.29, 1.82) is 0 Å². The number of rotatable bonds is 8. The number of benzene rings is 1. The maximum absolute atomic E-state index is 12.3. The highest BCUT2D eigenvalue weighted by molar-refractivity contribution is 8.23. The topological polar surface area (TPSA) is 145 Å². The van der Waals surface area contributed by atoms with E-state index in [1.54, 1.807) is 30.3 Å². The lowest BCUT2D eigenvalue weighted by molar-refractivity contribution is 0.122. The minimum atomic E-state index is -3.16. The van der Waals surface area contributed by atoms with Crippen molar-refractivity contribution < 1.29 is 27.1 Å². The van der Waals surface area contributed by atoms with Crippen LogP contribution in [-0.2, 0) is 20.3 Å². The van der Waals surface area contributed by atoms with Crippen LogP contribution in [0.4, 0.5) is 16.3 Å². The maximum atomic E-state index is 12.3. The van der Waals surface area contributed by atoms with Crippen molar-refractivity contribution in [1.82, 2.24) is 14.9 Å². The van der Waals surface area contributed by atoms with Crippen LogP contribution in [0.3, 0.4) is 0 Å². The van der Waals surface area contributed by atoms with E-state index < -0.39 is 26.5 Å². The van der Waals surface area contributed by atoms with Crippen molar-refractivity contribution in [2.45, 2.75) is 5.75 Å². The van der Waals surface area contributed by atoms with Gasteiger partial charge in [-0.05, 0) is 24.3 Å². The monoisotopic (exact) mass is 513 g/mol. The zero-order valence-electron chi connectivity index (χ0n) is 19.5. The first-order valence-corrected chi connectivity index (χ1v) is 14.8. The fraction of sp³-hybridized carbons (Fsp3) is 0.476. The molecule has 1 saturated heterocycles. The van der Waals surface area contributed by atoms with Gasteiger partial charge in [0, 0.05) is 56.5 Å². The number of urea groups is 1. The smallest absolute Gasteiger partial charge is 0.321 e. The standard InChI is InChI=1S/C21H31N5O6S2/c1-25(10-13-33(2,28)29)21(27)23-17-6-4-16(5-7-17)20-22-18(15-34(3,30)31)14-19(24-20)26-8-11-32-12-9-26/h4-7,14,30-31H,8-13,15H2,1-3H3,(H,23,27). The van der Waals surface area contributed by atoms with E-state index in [1.165, 1.54) is 18.2 Å². The first kappa shape index (κ1) is 26.2. The van der Waals surface area contributed by atoms with Gasteiger partial charge in [0.25, 0.3) is 0 Å². The van der Waals surface area contributed by atoms with Gasteiger partial charge in [-0.1, -0.05) is 0 Å². The Balaban J connectivity index is 1.78. The summed E-state index contributed by atoms with van der Waals surface area (Å²) in [5.74, 6) is 1.04. The molecule has 188 valence electrons. The number of amides is 2. The van der Waals surface area contributed by atoms with Gasteiger partial charge in [0.15, 0.2) is 5.82 Å². The van der Waals surface area contributed by atoms with E-state index in [0.717, 1.165) is 6.26 Å². The van der Waals surface area contributed by atoms with Gasteiger partial charge in [0.05, 0.1) is 30.4 Å². The molecule has 0 saturated carbocycles. The molecular formula is C21H31N5O6S2. The van der Waals surface area contributed by atoms with E-state index in [1.807, 2.05) is 0 Å². The number of aromatic nitrogens is 2. The lowest BCUT2D eigenvalue weighted by Crippen LogP contribution is -2.37. The molecule has 0 aliphatic carbocycles. The molecule has 0 radical (unpaired) electrons. The normalized spacial score (nSPS) is 15.1. The highest BCUT2D eigenvalue weighted by Crippen LogP contribution is 2.38. The van der Waals surface area contributed by atoms with Crippen LogP contribution < -0.4 is 10.2 Å². The van der Waals surface area contributed by atoms with Gasteiger partial charge in [-0.3, -0.25) is 9.11 Å². The second-order valence-electron chi connectivity index (χ2n) is 8.34. The van der Waals surface area contributed by atoms with Gasteiger partial charge < -0.3 is 19.9 Å². The highest BCUT2D eigenvalue weighted by Gasteiger charge is 2.18. The van der Waals surface area contributed by atoms with Crippen molar-refractivity contribution in [3.8, 4) is 11.4 Å². The Hall–Kier alpha value is -2.45. The van der Waals surface area contributed by atoms with E-state index >= 15 is 0 Å². The summed E-state index contributed by atoms with van der Waals surface area (Å²) in [6.07, 6.45) is 2.51. The quantitative estimate of drug-likeness (QED) is 0.484. The summed E-state index contributed by atoms with van der Waals surface area (Å²) in [5, 5.41) is 2.73. The second kappa shape index (κ2) is 10.9. The summed E-state index contributed by atoms with van der Waals surface area (Å²) >= 11 is 0. The third-order valence-electron chi connectivity index (χ3n) is 5.06. The number of carbonyl (C=O) groups excluding carboxylic acids is 1. The Kier molecular flexibility index (Phi) is 8.36. The zero-order valence-corrected chi connectivity index (χ0v) is 21.1. The van der Waals surface area contributed by atoms with Gasteiger partial charge in [0.2, 0.25) is 0 Å². The van der Waals surface area contributed by atoms with Gasteiger partial charge >= 0.3 is 6.03 Å². The van der Waals surface area contributed by atoms with Crippen molar-refractivity contribution in [2.75, 3.05) is 68.4 Å². The van der Waals surface area contributed by atoms with Crippen LogP contribution in [0, 0.1) is 0 Å². The zero-order chi connectivity index (χ0) is 24.9.